The van der Waals surface area contributed by atoms with E-state index in [2.05, 4.69) is 5.32 Å². The monoisotopic (exact) mass is 518 g/mol. The lowest BCUT2D eigenvalue weighted by molar-refractivity contribution is -0.384. The number of nitrogens with zero attached hydrogens (tertiary/aromatic N) is 3. The molecule has 0 radical (unpaired) electrons. The topological polar surface area (TPSA) is 130 Å². The lowest BCUT2D eigenvalue weighted by Crippen LogP contribution is -2.53. The second kappa shape index (κ2) is 12.5. The molecule has 196 valence electrons. The number of anilines is 1. The van der Waals surface area contributed by atoms with E-state index in [1.54, 1.807) is 13.8 Å². The molecule has 11 heteroatoms. The van der Waals surface area contributed by atoms with E-state index in [0.29, 0.717) is 18.4 Å². The summed E-state index contributed by atoms with van der Waals surface area (Å²) in [4.78, 5) is 38.4. The molecule has 0 aliphatic heterocycles. The van der Waals surface area contributed by atoms with Gasteiger partial charge in [-0.25, -0.2) is 8.42 Å². The maximum atomic E-state index is 13.5. The van der Waals surface area contributed by atoms with Crippen LogP contribution in [0.1, 0.15) is 38.3 Å². The first-order chi connectivity index (χ1) is 16.8. The number of hydrogen-bond donors (Lipinski definition) is 1. The number of nitro groups is 1. The summed E-state index contributed by atoms with van der Waals surface area (Å²) in [7, 11) is -3.98. The smallest absolute Gasteiger partial charge is 0.271 e. The van der Waals surface area contributed by atoms with Gasteiger partial charge in [0.1, 0.15) is 12.6 Å². The molecule has 0 aliphatic rings. The molecule has 0 bridgehead atoms. The number of hydrogen-bond acceptors (Lipinski definition) is 6. The summed E-state index contributed by atoms with van der Waals surface area (Å²) < 4.78 is 26.2. The van der Waals surface area contributed by atoms with Gasteiger partial charge in [-0.1, -0.05) is 43.3 Å². The number of nitro benzene ring substituents is 1. The molecule has 2 amide bonds. The van der Waals surface area contributed by atoms with E-state index in [4.69, 9.17) is 0 Å². The van der Waals surface area contributed by atoms with Gasteiger partial charge in [-0.2, -0.15) is 0 Å². The van der Waals surface area contributed by atoms with Crippen LogP contribution in [0.4, 0.5) is 11.4 Å². The first-order valence-electron chi connectivity index (χ1n) is 11.7. The van der Waals surface area contributed by atoms with Crippen LogP contribution in [0.25, 0.3) is 0 Å². The SMILES string of the molecule is CC[C@@H](C)NC(=O)[C@@H](C)N(CCc1ccccc1)C(=O)CN(c1cc([N+](=O)[O-])ccc1C)S(C)(=O)=O. The van der Waals surface area contributed by atoms with Crippen molar-refractivity contribution in [3.05, 3.63) is 69.8 Å². The second-order valence-corrected chi connectivity index (χ2v) is 10.7. The summed E-state index contributed by atoms with van der Waals surface area (Å²) in [5, 5.41) is 14.1. The fourth-order valence-electron chi connectivity index (χ4n) is 3.61. The van der Waals surface area contributed by atoms with Crippen LogP contribution in [-0.4, -0.2) is 61.5 Å². The van der Waals surface area contributed by atoms with Crippen molar-refractivity contribution in [2.24, 2.45) is 0 Å². The molecule has 0 spiro atoms. The Balaban J connectivity index is 2.40. The number of sulfonamides is 1. The average molecular weight is 519 g/mol. The Morgan fingerprint density at radius 3 is 2.31 bits per heavy atom. The van der Waals surface area contributed by atoms with Gasteiger partial charge in [0.2, 0.25) is 21.8 Å². The number of carbonyl (C=O) groups is 2. The van der Waals surface area contributed by atoms with Gasteiger partial charge in [-0.3, -0.25) is 24.0 Å². The summed E-state index contributed by atoms with van der Waals surface area (Å²) in [6.45, 7) is 6.58. The Bertz CT molecular complexity index is 1190. The third-order valence-electron chi connectivity index (χ3n) is 6.00. The minimum absolute atomic E-state index is 0.0415. The quantitative estimate of drug-likeness (QED) is 0.340. The molecule has 0 saturated heterocycles. The highest BCUT2D eigenvalue weighted by molar-refractivity contribution is 7.92. The van der Waals surface area contributed by atoms with E-state index < -0.39 is 33.4 Å². The van der Waals surface area contributed by atoms with Crippen molar-refractivity contribution in [3.8, 4) is 0 Å². The van der Waals surface area contributed by atoms with Crippen molar-refractivity contribution < 1.29 is 22.9 Å². The van der Waals surface area contributed by atoms with Gasteiger partial charge in [-0.05, 0) is 44.7 Å². The number of carbonyl (C=O) groups excluding carboxylic acids is 2. The van der Waals surface area contributed by atoms with Crippen molar-refractivity contribution in [2.45, 2.75) is 52.6 Å². The predicted octanol–water partition coefficient (Wildman–Crippen LogP) is 3.04. The highest BCUT2D eigenvalue weighted by atomic mass is 32.2. The highest BCUT2D eigenvalue weighted by Gasteiger charge is 2.31. The first-order valence-corrected chi connectivity index (χ1v) is 13.6. The molecular weight excluding hydrogens is 484 g/mol. The molecular formula is C25H34N4O6S. The maximum absolute atomic E-state index is 13.5. The summed E-state index contributed by atoms with van der Waals surface area (Å²) >= 11 is 0. The third kappa shape index (κ3) is 7.77. The maximum Gasteiger partial charge on any atom is 0.271 e. The predicted molar refractivity (Wildman–Crippen MR) is 139 cm³/mol. The van der Waals surface area contributed by atoms with Crippen molar-refractivity contribution in [1.82, 2.24) is 10.2 Å². The van der Waals surface area contributed by atoms with Crippen molar-refractivity contribution in [2.75, 3.05) is 23.7 Å². The van der Waals surface area contributed by atoms with Gasteiger partial charge < -0.3 is 10.2 Å². The van der Waals surface area contributed by atoms with E-state index >= 15 is 0 Å². The van der Waals surface area contributed by atoms with Crippen molar-refractivity contribution in [1.29, 1.82) is 0 Å². The third-order valence-corrected chi connectivity index (χ3v) is 7.13. The minimum atomic E-state index is -3.98. The molecule has 2 aromatic carbocycles. The van der Waals surface area contributed by atoms with E-state index in [9.17, 15) is 28.1 Å². The van der Waals surface area contributed by atoms with Crippen LogP contribution in [0.15, 0.2) is 48.5 Å². The molecule has 2 aromatic rings. The lowest BCUT2D eigenvalue weighted by Gasteiger charge is -2.32. The molecule has 0 heterocycles. The fourth-order valence-corrected chi connectivity index (χ4v) is 4.51. The normalized spacial score (nSPS) is 12.9. The Labute approximate surface area is 212 Å². The summed E-state index contributed by atoms with van der Waals surface area (Å²) in [5.74, 6) is -0.933. The second-order valence-electron chi connectivity index (χ2n) is 8.81. The molecule has 1 N–H and O–H groups in total. The Kier molecular flexibility index (Phi) is 9.97. The van der Waals surface area contributed by atoms with Crippen LogP contribution in [0, 0.1) is 17.0 Å². The molecule has 0 aliphatic carbocycles. The van der Waals surface area contributed by atoms with E-state index in [1.165, 1.54) is 17.0 Å². The van der Waals surface area contributed by atoms with Crippen LogP contribution >= 0.6 is 0 Å². The Hall–Kier alpha value is -3.47. The average Bonchev–Trinajstić information content (AvgIpc) is 2.82. The van der Waals surface area contributed by atoms with Gasteiger partial charge in [0, 0.05) is 24.7 Å². The molecule has 2 atom stereocenters. The van der Waals surface area contributed by atoms with Crippen LogP contribution in [0.5, 0.6) is 0 Å². The fraction of sp³-hybridized carbons (Fsp3) is 0.440. The number of nitrogens with one attached hydrogen (secondary N) is 1. The Morgan fingerprint density at radius 1 is 1.11 bits per heavy atom. The van der Waals surface area contributed by atoms with Gasteiger partial charge in [0.25, 0.3) is 5.69 Å². The number of aryl methyl sites for hydroxylation is 1. The molecule has 0 aromatic heterocycles. The molecule has 0 unspecified atom stereocenters. The standard InChI is InChI=1S/C25H34N4O6S/c1-6-19(3)26-25(31)20(4)27(15-14-21-10-8-7-9-11-21)24(30)17-28(36(5,34)35)23-16-22(29(32)33)13-12-18(23)2/h7-13,16,19-20H,6,14-15,17H2,1-5H3,(H,26,31)/t19-,20-/m1/s1. The zero-order valence-electron chi connectivity index (χ0n) is 21.3. The van der Waals surface area contributed by atoms with Crippen LogP contribution < -0.4 is 9.62 Å². The zero-order valence-corrected chi connectivity index (χ0v) is 22.1. The molecule has 0 saturated carbocycles. The first kappa shape index (κ1) is 28.8. The number of amides is 2. The van der Waals surface area contributed by atoms with Gasteiger partial charge in [0.15, 0.2) is 0 Å². The van der Waals surface area contributed by atoms with Gasteiger partial charge in [-0.15, -0.1) is 0 Å². The molecule has 2 rings (SSSR count). The number of non-ortho nitro benzene ring substituents is 1. The van der Waals surface area contributed by atoms with E-state index in [1.807, 2.05) is 44.2 Å². The molecule has 36 heavy (non-hydrogen) atoms. The highest BCUT2D eigenvalue weighted by Crippen LogP contribution is 2.27. The van der Waals surface area contributed by atoms with Crippen LogP contribution in [0.2, 0.25) is 0 Å². The van der Waals surface area contributed by atoms with Crippen molar-refractivity contribution >= 4 is 33.2 Å². The summed E-state index contributed by atoms with van der Waals surface area (Å²) in [5.41, 5.74) is 1.16. The van der Waals surface area contributed by atoms with Crippen LogP contribution in [-0.2, 0) is 26.0 Å². The summed E-state index contributed by atoms with van der Waals surface area (Å²) in [6, 6.07) is 12.3. The Morgan fingerprint density at radius 2 is 1.75 bits per heavy atom. The largest absolute Gasteiger partial charge is 0.352 e. The molecule has 10 nitrogen and oxygen atoms in total. The number of rotatable bonds is 12. The van der Waals surface area contributed by atoms with Gasteiger partial charge in [0.05, 0.1) is 16.9 Å². The molecule has 0 fully saturated rings. The minimum Gasteiger partial charge on any atom is -0.352 e. The number of benzene rings is 2. The van der Waals surface area contributed by atoms with Crippen LogP contribution in [0.3, 0.4) is 0 Å². The van der Waals surface area contributed by atoms with Gasteiger partial charge >= 0.3 is 0 Å². The summed E-state index contributed by atoms with van der Waals surface area (Å²) in [6.07, 6.45) is 2.11. The van der Waals surface area contributed by atoms with Crippen molar-refractivity contribution in [3.63, 3.8) is 0 Å². The lowest BCUT2D eigenvalue weighted by atomic mass is 10.1. The van der Waals surface area contributed by atoms with E-state index in [0.717, 1.165) is 22.2 Å². The van der Waals surface area contributed by atoms with E-state index in [-0.39, 0.29) is 29.9 Å². The zero-order chi connectivity index (χ0) is 27.0.